The van der Waals surface area contributed by atoms with Crippen molar-refractivity contribution in [2.75, 3.05) is 0 Å². The molecule has 0 aliphatic carbocycles. The van der Waals surface area contributed by atoms with E-state index >= 15 is 0 Å². The van der Waals surface area contributed by atoms with Crippen molar-refractivity contribution < 1.29 is 13.2 Å². The highest BCUT2D eigenvalue weighted by Gasteiger charge is 2.12. The summed E-state index contributed by atoms with van der Waals surface area (Å²) in [5.74, 6) is 0. The second-order valence-electron chi connectivity index (χ2n) is 2.78. The molecule has 0 bridgehead atoms. The minimum Gasteiger partial charge on any atom is -0.205 e. The largest absolute Gasteiger partial charge is 0.263 e. The third kappa shape index (κ3) is 1.50. The van der Waals surface area contributed by atoms with Crippen molar-refractivity contribution in [2.45, 2.75) is 11.3 Å². The summed E-state index contributed by atoms with van der Waals surface area (Å²) in [5.41, 5.74) is -0.106. The monoisotopic (exact) mass is 234 g/mol. The van der Waals surface area contributed by atoms with Crippen molar-refractivity contribution in [3.8, 4) is 0 Å². The van der Waals surface area contributed by atoms with E-state index in [1.165, 1.54) is 18.2 Å². The summed E-state index contributed by atoms with van der Waals surface area (Å²) >= 11 is 4.83. The van der Waals surface area contributed by atoms with Crippen LogP contribution in [0.1, 0.15) is 12.0 Å². The standard InChI is InChI=1S/C9H5F3S2/c10-8(11)4-1-2-6-5(3-4)7(13)9(12)14-6/h1-3,8,13H. The number of thiophene rings is 1. The highest BCUT2D eigenvalue weighted by molar-refractivity contribution is 7.80. The Balaban J connectivity index is 2.69. The van der Waals surface area contributed by atoms with Crippen LogP contribution >= 0.6 is 24.0 Å². The molecule has 0 aliphatic rings. The molecule has 0 saturated heterocycles. The maximum absolute atomic E-state index is 13.0. The Morgan fingerprint density at radius 1 is 1.29 bits per heavy atom. The lowest BCUT2D eigenvalue weighted by Gasteiger charge is -1.98. The van der Waals surface area contributed by atoms with Gasteiger partial charge < -0.3 is 0 Å². The summed E-state index contributed by atoms with van der Waals surface area (Å²) in [4.78, 5) is 0.146. The van der Waals surface area contributed by atoms with E-state index in [1.807, 2.05) is 0 Å². The van der Waals surface area contributed by atoms with Crippen molar-refractivity contribution in [1.82, 2.24) is 0 Å². The summed E-state index contributed by atoms with van der Waals surface area (Å²) in [5, 5.41) is 0.0170. The molecule has 14 heavy (non-hydrogen) atoms. The van der Waals surface area contributed by atoms with Crippen LogP contribution in [0.4, 0.5) is 13.2 Å². The fourth-order valence-electron chi connectivity index (χ4n) is 1.21. The quantitative estimate of drug-likeness (QED) is 0.700. The van der Waals surface area contributed by atoms with Crippen molar-refractivity contribution in [3.05, 3.63) is 28.9 Å². The van der Waals surface area contributed by atoms with Crippen molar-refractivity contribution in [3.63, 3.8) is 0 Å². The third-order valence-electron chi connectivity index (χ3n) is 1.90. The van der Waals surface area contributed by atoms with Gasteiger partial charge in [-0.15, -0.1) is 24.0 Å². The molecule has 0 saturated carbocycles. The molecule has 0 nitrogen and oxygen atoms in total. The predicted molar refractivity (Wildman–Crippen MR) is 54.0 cm³/mol. The minimum atomic E-state index is -2.53. The van der Waals surface area contributed by atoms with Gasteiger partial charge >= 0.3 is 0 Å². The molecule has 5 heteroatoms. The molecule has 1 heterocycles. The lowest BCUT2D eigenvalue weighted by molar-refractivity contribution is 0.151. The van der Waals surface area contributed by atoms with Crippen LogP contribution in [0.5, 0.6) is 0 Å². The van der Waals surface area contributed by atoms with Crippen molar-refractivity contribution in [2.24, 2.45) is 0 Å². The van der Waals surface area contributed by atoms with Gasteiger partial charge in [-0.25, -0.2) is 8.78 Å². The number of fused-ring (bicyclic) bond motifs is 1. The summed E-state index contributed by atoms with van der Waals surface area (Å²) in [6.07, 6.45) is -2.53. The second kappa shape index (κ2) is 3.47. The summed E-state index contributed by atoms with van der Waals surface area (Å²) in [6.45, 7) is 0. The molecule has 0 N–H and O–H groups in total. The summed E-state index contributed by atoms with van der Waals surface area (Å²) < 4.78 is 38.3. The number of benzene rings is 1. The predicted octanol–water partition coefficient (Wildman–Crippen LogP) is 4.27. The molecular formula is C9H5F3S2. The van der Waals surface area contributed by atoms with Crippen LogP contribution in [-0.2, 0) is 0 Å². The van der Waals surface area contributed by atoms with Gasteiger partial charge in [0.05, 0.1) is 4.90 Å². The van der Waals surface area contributed by atoms with E-state index in [2.05, 4.69) is 12.6 Å². The Kier molecular flexibility index (Phi) is 2.45. The first-order chi connectivity index (χ1) is 6.59. The zero-order chi connectivity index (χ0) is 10.3. The minimum absolute atomic E-state index is 0.106. The molecule has 0 radical (unpaired) electrons. The number of hydrogen-bond acceptors (Lipinski definition) is 2. The van der Waals surface area contributed by atoms with E-state index < -0.39 is 11.6 Å². The van der Waals surface area contributed by atoms with Gasteiger partial charge in [-0.2, -0.15) is 4.39 Å². The number of halogens is 3. The first-order valence-corrected chi connectivity index (χ1v) is 5.05. The van der Waals surface area contributed by atoms with Gasteiger partial charge in [0.25, 0.3) is 6.43 Å². The van der Waals surface area contributed by atoms with Crippen LogP contribution in [0.3, 0.4) is 0 Å². The molecular weight excluding hydrogens is 229 g/mol. The first-order valence-electron chi connectivity index (χ1n) is 3.78. The summed E-state index contributed by atoms with van der Waals surface area (Å²) in [7, 11) is 0. The van der Waals surface area contributed by atoms with Gasteiger partial charge in [0.2, 0.25) is 0 Å². The van der Waals surface area contributed by atoms with E-state index in [1.54, 1.807) is 0 Å². The van der Waals surface area contributed by atoms with Crippen molar-refractivity contribution in [1.29, 1.82) is 0 Å². The van der Waals surface area contributed by atoms with Crippen LogP contribution < -0.4 is 0 Å². The Bertz CT molecular complexity index is 476. The van der Waals surface area contributed by atoms with Gasteiger partial charge in [0, 0.05) is 15.6 Å². The van der Waals surface area contributed by atoms with Crippen LogP contribution in [0.2, 0.25) is 0 Å². The zero-order valence-corrected chi connectivity index (χ0v) is 8.51. The molecule has 0 aliphatic heterocycles. The van der Waals surface area contributed by atoms with Crippen LogP contribution in [0, 0.1) is 5.13 Å². The van der Waals surface area contributed by atoms with E-state index in [4.69, 9.17) is 0 Å². The average Bonchev–Trinajstić information content (AvgIpc) is 2.43. The fourth-order valence-corrected chi connectivity index (χ4v) is 2.41. The number of thiol groups is 1. The van der Waals surface area contributed by atoms with Crippen LogP contribution in [0.25, 0.3) is 10.1 Å². The first kappa shape index (κ1) is 9.86. The van der Waals surface area contributed by atoms with Gasteiger partial charge in [-0.05, 0) is 12.1 Å². The normalized spacial score (nSPS) is 11.5. The Morgan fingerprint density at radius 3 is 2.64 bits per heavy atom. The third-order valence-corrected chi connectivity index (χ3v) is 3.44. The fraction of sp³-hybridized carbons (Fsp3) is 0.111. The van der Waals surface area contributed by atoms with E-state index in [0.717, 1.165) is 11.3 Å². The number of hydrogen-bond donors (Lipinski definition) is 1. The molecule has 0 amide bonds. The highest BCUT2D eigenvalue weighted by atomic mass is 32.1. The summed E-state index contributed by atoms with van der Waals surface area (Å²) in [6, 6.07) is 4.07. The van der Waals surface area contributed by atoms with E-state index in [-0.39, 0.29) is 10.5 Å². The van der Waals surface area contributed by atoms with Gasteiger partial charge in [-0.1, -0.05) is 6.07 Å². The molecule has 0 fully saturated rings. The zero-order valence-electron chi connectivity index (χ0n) is 6.80. The SMILES string of the molecule is Fc1sc2ccc(C(F)F)cc2c1S. The molecule has 74 valence electrons. The van der Waals surface area contributed by atoms with Gasteiger partial charge in [0.1, 0.15) is 0 Å². The maximum atomic E-state index is 13.0. The van der Waals surface area contributed by atoms with E-state index in [9.17, 15) is 13.2 Å². The lowest BCUT2D eigenvalue weighted by atomic mass is 10.2. The molecule has 0 spiro atoms. The smallest absolute Gasteiger partial charge is 0.205 e. The Morgan fingerprint density at radius 2 is 2.00 bits per heavy atom. The molecule has 2 aromatic rings. The Hall–Kier alpha value is -0.680. The van der Waals surface area contributed by atoms with E-state index in [0.29, 0.717) is 10.1 Å². The molecule has 0 atom stereocenters. The van der Waals surface area contributed by atoms with Crippen molar-refractivity contribution >= 4 is 34.1 Å². The van der Waals surface area contributed by atoms with Gasteiger partial charge in [-0.3, -0.25) is 0 Å². The Labute approximate surface area is 87.8 Å². The maximum Gasteiger partial charge on any atom is 0.263 e. The lowest BCUT2D eigenvalue weighted by Crippen LogP contribution is -1.82. The molecule has 0 unspecified atom stereocenters. The topological polar surface area (TPSA) is 0 Å². The second-order valence-corrected chi connectivity index (χ2v) is 4.23. The number of rotatable bonds is 1. The molecule has 1 aromatic heterocycles. The van der Waals surface area contributed by atoms with Gasteiger partial charge in [0.15, 0.2) is 5.13 Å². The molecule has 2 rings (SSSR count). The average molecular weight is 234 g/mol. The van der Waals surface area contributed by atoms with Crippen LogP contribution in [0.15, 0.2) is 23.1 Å². The molecule has 1 aromatic carbocycles. The van der Waals surface area contributed by atoms with Crippen LogP contribution in [-0.4, -0.2) is 0 Å². The number of alkyl halides is 2. The highest BCUT2D eigenvalue weighted by Crippen LogP contribution is 2.34.